The van der Waals surface area contributed by atoms with Gasteiger partial charge in [-0.05, 0) is 18.8 Å². The van der Waals surface area contributed by atoms with Gasteiger partial charge in [0.15, 0.2) is 0 Å². The Hall–Kier alpha value is -1.30. The summed E-state index contributed by atoms with van der Waals surface area (Å²) in [5, 5.41) is 20.1. The molecule has 0 bridgehead atoms. The summed E-state index contributed by atoms with van der Waals surface area (Å²) in [6.07, 6.45) is 3.22. The topological polar surface area (TPSA) is 89.9 Å². The van der Waals surface area contributed by atoms with Gasteiger partial charge in [-0.25, -0.2) is 9.59 Å². The van der Waals surface area contributed by atoms with E-state index in [1.807, 2.05) is 0 Å². The maximum absolute atomic E-state index is 11.9. The van der Waals surface area contributed by atoms with Crippen molar-refractivity contribution in [1.29, 1.82) is 0 Å². The molecule has 1 aliphatic heterocycles. The lowest BCUT2D eigenvalue weighted by molar-refractivity contribution is -0.139. The molecule has 6 heteroatoms. The largest absolute Gasteiger partial charge is 0.480 e. The van der Waals surface area contributed by atoms with Crippen LogP contribution in [-0.4, -0.2) is 52.9 Å². The molecule has 104 valence electrons. The number of carbonyl (C=O) groups is 2. The maximum atomic E-state index is 11.9. The third-order valence-electron chi connectivity index (χ3n) is 3.28. The molecule has 0 aliphatic carbocycles. The average molecular weight is 258 g/mol. The Bertz CT molecular complexity index is 296. The minimum atomic E-state index is -1.11. The summed E-state index contributed by atoms with van der Waals surface area (Å²) in [7, 11) is 0. The number of aliphatic hydroxyl groups is 1. The molecule has 6 nitrogen and oxygen atoms in total. The number of amides is 2. The predicted molar refractivity (Wildman–Crippen MR) is 66.2 cm³/mol. The lowest BCUT2D eigenvalue weighted by Crippen LogP contribution is -2.47. The second-order valence-corrected chi connectivity index (χ2v) is 4.74. The van der Waals surface area contributed by atoms with Crippen LogP contribution in [0.3, 0.4) is 0 Å². The third kappa shape index (κ3) is 4.18. The van der Waals surface area contributed by atoms with Crippen LogP contribution in [0.25, 0.3) is 0 Å². The van der Waals surface area contributed by atoms with E-state index in [0.717, 1.165) is 19.3 Å². The van der Waals surface area contributed by atoms with Crippen molar-refractivity contribution in [2.75, 3.05) is 19.7 Å². The smallest absolute Gasteiger partial charge is 0.326 e. The summed E-state index contributed by atoms with van der Waals surface area (Å²) in [5.74, 6) is -0.580. The first-order valence-corrected chi connectivity index (χ1v) is 6.47. The normalized spacial score (nSPS) is 20.8. The summed E-state index contributed by atoms with van der Waals surface area (Å²) in [6, 6.07) is -1.35. The fraction of sp³-hybridized carbons (Fsp3) is 0.833. The molecular formula is C12H22N2O4. The summed E-state index contributed by atoms with van der Waals surface area (Å²) in [4.78, 5) is 24.4. The van der Waals surface area contributed by atoms with Gasteiger partial charge in [0.1, 0.15) is 6.04 Å². The molecular weight excluding hydrogens is 236 g/mol. The fourth-order valence-electron chi connectivity index (χ4n) is 2.29. The fourth-order valence-corrected chi connectivity index (χ4v) is 2.29. The van der Waals surface area contributed by atoms with Crippen molar-refractivity contribution in [3.8, 4) is 0 Å². The number of hydrogen-bond donors (Lipinski definition) is 3. The number of aliphatic carboxylic acids is 1. The third-order valence-corrected chi connectivity index (χ3v) is 3.28. The first-order valence-electron chi connectivity index (χ1n) is 6.47. The number of carboxylic acids is 1. The van der Waals surface area contributed by atoms with Crippen LogP contribution in [0, 0.1) is 5.92 Å². The zero-order valence-corrected chi connectivity index (χ0v) is 10.8. The van der Waals surface area contributed by atoms with Crippen LogP contribution >= 0.6 is 0 Å². The number of aliphatic hydroxyl groups excluding tert-OH is 1. The average Bonchev–Trinajstić information content (AvgIpc) is 2.77. The second kappa shape index (κ2) is 7.20. The number of carboxylic acid groups (broad SMARTS) is 1. The minimum Gasteiger partial charge on any atom is -0.480 e. The number of carbonyl (C=O) groups excluding carboxylic acids is 1. The van der Waals surface area contributed by atoms with E-state index in [1.54, 1.807) is 4.90 Å². The highest BCUT2D eigenvalue weighted by atomic mass is 16.4. The van der Waals surface area contributed by atoms with Crippen LogP contribution in [0.4, 0.5) is 4.79 Å². The van der Waals surface area contributed by atoms with E-state index in [4.69, 9.17) is 10.2 Å². The summed E-state index contributed by atoms with van der Waals surface area (Å²) in [6.45, 7) is 3.24. The standard InChI is InChI=1S/C12H22N2O4/c1-2-3-9-4-6-14(8-9)12(18)13-10(5-7-15)11(16)17/h9-10,15H,2-8H2,1H3,(H,13,18)(H,16,17)/t9?,10-/m0/s1. The predicted octanol–water partition coefficient (Wildman–Crippen LogP) is 0.654. The molecule has 0 saturated carbocycles. The molecule has 1 rings (SSSR count). The molecule has 1 aliphatic rings. The highest BCUT2D eigenvalue weighted by Gasteiger charge is 2.28. The molecule has 18 heavy (non-hydrogen) atoms. The zero-order chi connectivity index (χ0) is 13.5. The van der Waals surface area contributed by atoms with Crippen LogP contribution in [0.1, 0.15) is 32.6 Å². The Morgan fingerprint density at radius 1 is 1.50 bits per heavy atom. The summed E-state index contributed by atoms with van der Waals surface area (Å²) >= 11 is 0. The monoisotopic (exact) mass is 258 g/mol. The van der Waals surface area contributed by atoms with Gasteiger partial charge in [0.05, 0.1) is 0 Å². The van der Waals surface area contributed by atoms with Gasteiger partial charge in [-0.1, -0.05) is 13.3 Å². The van der Waals surface area contributed by atoms with E-state index < -0.39 is 12.0 Å². The Morgan fingerprint density at radius 2 is 2.22 bits per heavy atom. The van der Waals surface area contributed by atoms with Gasteiger partial charge in [0, 0.05) is 26.1 Å². The van der Waals surface area contributed by atoms with Crippen LogP contribution in [0.5, 0.6) is 0 Å². The number of nitrogens with one attached hydrogen (secondary N) is 1. The van der Waals surface area contributed by atoms with E-state index in [1.165, 1.54) is 0 Å². The van der Waals surface area contributed by atoms with E-state index in [0.29, 0.717) is 19.0 Å². The van der Waals surface area contributed by atoms with Crippen molar-refractivity contribution < 1.29 is 19.8 Å². The Kier molecular flexibility index (Phi) is 5.91. The summed E-state index contributed by atoms with van der Waals surface area (Å²) in [5.41, 5.74) is 0. The van der Waals surface area contributed by atoms with Crippen LogP contribution in [0.2, 0.25) is 0 Å². The van der Waals surface area contributed by atoms with Crippen molar-refractivity contribution in [3.63, 3.8) is 0 Å². The number of urea groups is 1. The first kappa shape index (κ1) is 14.8. The molecule has 3 N–H and O–H groups in total. The van der Waals surface area contributed by atoms with Gasteiger partial charge < -0.3 is 20.4 Å². The first-order chi connectivity index (χ1) is 8.58. The molecule has 2 amide bonds. The quantitative estimate of drug-likeness (QED) is 0.652. The lowest BCUT2D eigenvalue weighted by atomic mass is 10.0. The van der Waals surface area contributed by atoms with E-state index in [2.05, 4.69) is 12.2 Å². The van der Waals surface area contributed by atoms with Crippen LogP contribution in [-0.2, 0) is 4.79 Å². The van der Waals surface area contributed by atoms with Gasteiger partial charge in [-0.3, -0.25) is 0 Å². The molecule has 0 aromatic rings. The van der Waals surface area contributed by atoms with Gasteiger partial charge in [0.2, 0.25) is 0 Å². The number of nitrogens with zero attached hydrogens (tertiary/aromatic N) is 1. The molecule has 1 heterocycles. The maximum Gasteiger partial charge on any atom is 0.326 e. The minimum absolute atomic E-state index is 0.0350. The van der Waals surface area contributed by atoms with Crippen molar-refractivity contribution in [2.24, 2.45) is 5.92 Å². The molecule has 2 atom stereocenters. The van der Waals surface area contributed by atoms with Crippen molar-refractivity contribution in [1.82, 2.24) is 10.2 Å². The molecule has 1 saturated heterocycles. The molecule has 0 aromatic heterocycles. The molecule has 1 unspecified atom stereocenters. The van der Waals surface area contributed by atoms with Gasteiger partial charge >= 0.3 is 12.0 Å². The molecule has 1 fully saturated rings. The molecule has 0 aromatic carbocycles. The van der Waals surface area contributed by atoms with E-state index >= 15 is 0 Å². The number of hydrogen-bond acceptors (Lipinski definition) is 3. The van der Waals surface area contributed by atoms with E-state index in [9.17, 15) is 9.59 Å². The van der Waals surface area contributed by atoms with Crippen molar-refractivity contribution in [2.45, 2.75) is 38.6 Å². The Labute approximate surface area is 107 Å². The summed E-state index contributed by atoms with van der Waals surface area (Å²) < 4.78 is 0. The SMILES string of the molecule is CCCC1CCN(C(=O)N[C@@H](CCO)C(=O)O)C1. The number of rotatable bonds is 6. The highest BCUT2D eigenvalue weighted by molar-refractivity contribution is 5.82. The number of likely N-dealkylation sites (tertiary alicyclic amines) is 1. The van der Waals surface area contributed by atoms with Gasteiger partial charge in [-0.15, -0.1) is 0 Å². The van der Waals surface area contributed by atoms with Crippen LogP contribution < -0.4 is 5.32 Å². The second-order valence-electron chi connectivity index (χ2n) is 4.74. The van der Waals surface area contributed by atoms with Crippen LogP contribution in [0.15, 0.2) is 0 Å². The Morgan fingerprint density at radius 3 is 2.78 bits per heavy atom. The lowest BCUT2D eigenvalue weighted by Gasteiger charge is -2.20. The van der Waals surface area contributed by atoms with E-state index in [-0.39, 0.29) is 19.1 Å². The van der Waals surface area contributed by atoms with Crippen molar-refractivity contribution in [3.05, 3.63) is 0 Å². The van der Waals surface area contributed by atoms with Gasteiger partial charge in [-0.2, -0.15) is 0 Å². The Balaban J connectivity index is 2.42. The zero-order valence-electron chi connectivity index (χ0n) is 10.8. The van der Waals surface area contributed by atoms with Crippen molar-refractivity contribution >= 4 is 12.0 Å². The van der Waals surface area contributed by atoms with Gasteiger partial charge in [0.25, 0.3) is 0 Å². The molecule has 0 spiro atoms. The highest BCUT2D eigenvalue weighted by Crippen LogP contribution is 2.20. The molecule has 0 radical (unpaired) electrons.